The standard InChI is InChI=1S/C10H15N5O3S/c1-7(16)11-9(17)6-19-10-12-13-14-15(10)5-8-3-2-4-18-8/h8H,2-6H2,1H3,(H,11,16,17)/t8-/m0/s1. The van der Waals surface area contributed by atoms with E-state index in [2.05, 4.69) is 20.8 Å². The molecule has 0 unspecified atom stereocenters. The monoisotopic (exact) mass is 285 g/mol. The summed E-state index contributed by atoms with van der Waals surface area (Å²) in [6.07, 6.45) is 2.18. The fraction of sp³-hybridized carbons (Fsp3) is 0.700. The molecule has 19 heavy (non-hydrogen) atoms. The Kier molecular flexibility index (Phi) is 4.86. The highest BCUT2D eigenvalue weighted by Crippen LogP contribution is 2.18. The molecule has 1 saturated heterocycles. The number of nitrogens with one attached hydrogen (secondary N) is 1. The van der Waals surface area contributed by atoms with Gasteiger partial charge < -0.3 is 4.74 Å². The van der Waals surface area contributed by atoms with E-state index in [1.165, 1.54) is 18.7 Å². The second kappa shape index (κ2) is 6.62. The van der Waals surface area contributed by atoms with Crippen molar-refractivity contribution in [3.63, 3.8) is 0 Å². The van der Waals surface area contributed by atoms with Crippen LogP contribution < -0.4 is 5.32 Å². The van der Waals surface area contributed by atoms with Crippen molar-refractivity contribution in [1.29, 1.82) is 0 Å². The summed E-state index contributed by atoms with van der Waals surface area (Å²) in [4.78, 5) is 22.1. The maximum Gasteiger partial charge on any atom is 0.237 e. The first-order valence-electron chi connectivity index (χ1n) is 5.96. The summed E-state index contributed by atoms with van der Waals surface area (Å²) < 4.78 is 7.14. The van der Waals surface area contributed by atoms with Crippen LogP contribution >= 0.6 is 11.8 Å². The minimum atomic E-state index is -0.371. The quantitative estimate of drug-likeness (QED) is 0.735. The summed E-state index contributed by atoms with van der Waals surface area (Å²) in [5.74, 6) is -0.625. The van der Waals surface area contributed by atoms with Gasteiger partial charge in [0.25, 0.3) is 0 Å². The number of carbonyl (C=O) groups excluding carboxylic acids is 2. The van der Waals surface area contributed by atoms with Gasteiger partial charge in [-0.25, -0.2) is 4.68 Å². The number of ether oxygens (including phenoxy) is 1. The lowest BCUT2D eigenvalue weighted by Crippen LogP contribution is -2.29. The summed E-state index contributed by atoms with van der Waals surface area (Å²) in [7, 11) is 0. The zero-order valence-corrected chi connectivity index (χ0v) is 11.4. The number of nitrogens with zero attached hydrogens (tertiary/aromatic N) is 4. The van der Waals surface area contributed by atoms with Crippen molar-refractivity contribution in [1.82, 2.24) is 25.5 Å². The zero-order chi connectivity index (χ0) is 13.7. The molecule has 1 aromatic rings. The molecule has 1 N–H and O–H groups in total. The van der Waals surface area contributed by atoms with Gasteiger partial charge in [-0.3, -0.25) is 14.9 Å². The second-order valence-electron chi connectivity index (χ2n) is 4.17. The number of imide groups is 1. The first kappa shape index (κ1) is 13.9. The van der Waals surface area contributed by atoms with Gasteiger partial charge in [0.2, 0.25) is 17.0 Å². The lowest BCUT2D eigenvalue weighted by molar-refractivity contribution is -0.127. The van der Waals surface area contributed by atoms with Crippen LogP contribution in [0.15, 0.2) is 5.16 Å². The number of hydrogen-bond donors (Lipinski definition) is 1. The van der Waals surface area contributed by atoms with Gasteiger partial charge in [-0.05, 0) is 23.3 Å². The number of carbonyl (C=O) groups is 2. The molecule has 0 aliphatic carbocycles. The SMILES string of the molecule is CC(=O)NC(=O)CSc1nnnn1C[C@@H]1CCCO1. The average molecular weight is 285 g/mol. The first-order chi connectivity index (χ1) is 9.15. The highest BCUT2D eigenvalue weighted by Gasteiger charge is 2.19. The second-order valence-corrected chi connectivity index (χ2v) is 5.11. The van der Waals surface area contributed by atoms with Gasteiger partial charge in [-0.2, -0.15) is 0 Å². The average Bonchev–Trinajstić information content (AvgIpc) is 2.98. The van der Waals surface area contributed by atoms with Crippen LogP contribution in [0.5, 0.6) is 0 Å². The Morgan fingerprint density at radius 1 is 1.58 bits per heavy atom. The van der Waals surface area contributed by atoms with Crippen molar-refractivity contribution in [2.45, 2.75) is 37.6 Å². The van der Waals surface area contributed by atoms with Crippen LogP contribution in [0.4, 0.5) is 0 Å². The van der Waals surface area contributed by atoms with Gasteiger partial charge in [0.1, 0.15) is 0 Å². The number of hydrogen-bond acceptors (Lipinski definition) is 7. The molecule has 9 heteroatoms. The zero-order valence-electron chi connectivity index (χ0n) is 10.5. The molecule has 8 nitrogen and oxygen atoms in total. The molecular formula is C10H15N5O3S. The smallest absolute Gasteiger partial charge is 0.237 e. The van der Waals surface area contributed by atoms with Crippen molar-refractivity contribution < 1.29 is 14.3 Å². The summed E-state index contributed by atoms with van der Waals surface area (Å²) >= 11 is 1.19. The van der Waals surface area contributed by atoms with Crippen LogP contribution in [0.3, 0.4) is 0 Å². The third-order valence-corrected chi connectivity index (χ3v) is 3.50. The summed E-state index contributed by atoms with van der Waals surface area (Å²) in [5.41, 5.74) is 0. The predicted octanol–water partition coefficient (Wildman–Crippen LogP) is -0.393. The van der Waals surface area contributed by atoms with Crippen molar-refractivity contribution in [3.8, 4) is 0 Å². The maximum atomic E-state index is 11.3. The molecule has 2 rings (SSSR count). The molecule has 0 bridgehead atoms. The van der Waals surface area contributed by atoms with Crippen LogP contribution in [0.1, 0.15) is 19.8 Å². The fourth-order valence-corrected chi connectivity index (χ4v) is 2.44. The molecule has 0 saturated carbocycles. The molecule has 104 valence electrons. The number of thioether (sulfide) groups is 1. The van der Waals surface area contributed by atoms with Crippen molar-refractivity contribution in [3.05, 3.63) is 0 Å². The van der Waals surface area contributed by atoms with Crippen LogP contribution in [0, 0.1) is 0 Å². The molecule has 2 amide bonds. The van der Waals surface area contributed by atoms with E-state index >= 15 is 0 Å². The predicted molar refractivity (Wildman–Crippen MR) is 66.3 cm³/mol. The molecular weight excluding hydrogens is 270 g/mol. The van der Waals surface area contributed by atoms with E-state index in [0.29, 0.717) is 11.7 Å². The number of aromatic nitrogens is 4. The van der Waals surface area contributed by atoms with Crippen LogP contribution in [0.25, 0.3) is 0 Å². The number of rotatable bonds is 5. The van der Waals surface area contributed by atoms with E-state index < -0.39 is 0 Å². The molecule has 1 aromatic heterocycles. The Balaban J connectivity index is 1.84. The van der Waals surface area contributed by atoms with Gasteiger partial charge in [0.15, 0.2) is 0 Å². The Morgan fingerprint density at radius 2 is 2.42 bits per heavy atom. The van der Waals surface area contributed by atoms with Gasteiger partial charge in [0.05, 0.1) is 18.4 Å². The van der Waals surface area contributed by atoms with Crippen LogP contribution in [-0.4, -0.2) is 50.5 Å². The minimum Gasteiger partial charge on any atom is -0.376 e. The molecule has 1 aliphatic heterocycles. The molecule has 0 spiro atoms. The van der Waals surface area contributed by atoms with E-state index in [1.807, 2.05) is 0 Å². The highest BCUT2D eigenvalue weighted by molar-refractivity contribution is 7.99. The molecule has 1 fully saturated rings. The third-order valence-electron chi connectivity index (χ3n) is 2.55. The van der Waals surface area contributed by atoms with E-state index in [0.717, 1.165) is 19.4 Å². The maximum absolute atomic E-state index is 11.3. The Labute approximate surface area is 114 Å². The topological polar surface area (TPSA) is 99.0 Å². The van der Waals surface area contributed by atoms with Gasteiger partial charge in [0, 0.05) is 13.5 Å². The minimum absolute atomic E-state index is 0.103. The summed E-state index contributed by atoms with van der Waals surface area (Å²) in [6.45, 7) is 2.66. The van der Waals surface area contributed by atoms with Gasteiger partial charge in [-0.1, -0.05) is 11.8 Å². The van der Waals surface area contributed by atoms with Crippen molar-refractivity contribution in [2.75, 3.05) is 12.4 Å². The molecule has 1 aliphatic rings. The van der Waals surface area contributed by atoms with E-state index in [-0.39, 0.29) is 23.7 Å². The molecule has 0 aromatic carbocycles. The Bertz CT molecular complexity index is 458. The Morgan fingerprint density at radius 3 is 3.11 bits per heavy atom. The van der Waals surface area contributed by atoms with E-state index in [4.69, 9.17) is 4.74 Å². The van der Waals surface area contributed by atoms with Gasteiger partial charge in [-0.15, -0.1) is 5.10 Å². The lowest BCUT2D eigenvalue weighted by atomic mass is 10.2. The normalized spacial score (nSPS) is 18.5. The first-order valence-corrected chi connectivity index (χ1v) is 6.94. The highest BCUT2D eigenvalue weighted by atomic mass is 32.2. The number of amides is 2. The van der Waals surface area contributed by atoms with Crippen molar-refractivity contribution >= 4 is 23.6 Å². The molecule has 1 atom stereocenters. The summed E-state index contributed by atoms with van der Waals surface area (Å²) in [5, 5.41) is 14.1. The molecule has 0 radical (unpaired) electrons. The number of tetrazole rings is 1. The van der Waals surface area contributed by atoms with Crippen LogP contribution in [-0.2, 0) is 20.9 Å². The van der Waals surface area contributed by atoms with Crippen molar-refractivity contribution in [2.24, 2.45) is 0 Å². The van der Waals surface area contributed by atoms with Crippen LogP contribution in [0.2, 0.25) is 0 Å². The fourth-order valence-electron chi connectivity index (χ4n) is 1.76. The Hall–Kier alpha value is -1.48. The van der Waals surface area contributed by atoms with Gasteiger partial charge >= 0.3 is 0 Å². The largest absolute Gasteiger partial charge is 0.376 e. The summed E-state index contributed by atoms with van der Waals surface area (Å²) in [6, 6.07) is 0. The third kappa shape index (κ3) is 4.28. The van der Waals surface area contributed by atoms with E-state index in [9.17, 15) is 9.59 Å². The van der Waals surface area contributed by atoms with E-state index in [1.54, 1.807) is 4.68 Å². The lowest BCUT2D eigenvalue weighted by Gasteiger charge is -2.09. The molecule has 2 heterocycles.